The first-order valence-corrected chi connectivity index (χ1v) is 13.8. The third-order valence-corrected chi connectivity index (χ3v) is 7.47. The molecular weight excluding hydrogens is 500 g/mol. The van der Waals surface area contributed by atoms with Crippen LogP contribution in [-0.4, -0.2) is 17.3 Å². The van der Waals surface area contributed by atoms with Crippen molar-refractivity contribution in [1.82, 2.24) is 9.88 Å². The van der Waals surface area contributed by atoms with Crippen LogP contribution in [0.4, 0.5) is 0 Å². The highest BCUT2D eigenvalue weighted by Crippen LogP contribution is 2.37. The van der Waals surface area contributed by atoms with E-state index in [4.69, 9.17) is 11.1 Å². The highest BCUT2D eigenvalue weighted by atomic mass is 15.0. The predicted octanol–water partition coefficient (Wildman–Crippen LogP) is 8.14. The zero-order valence-electron chi connectivity index (χ0n) is 22.8. The quantitative estimate of drug-likeness (QED) is 0.139. The van der Waals surface area contributed by atoms with E-state index in [0.717, 1.165) is 24.4 Å². The van der Waals surface area contributed by atoms with E-state index in [9.17, 15) is 0 Å². The second kappa shape index (κ2) is 11.4. The van der Waals surface area contributed by atoms with Crippen LogP contribution < -0.4 is 11.1 Å². The molecule has 1 aliphatic heterocycles. The second-order valence-corrected chi connectivity index (χ2v) is 10.1. The summed E-state index contributed by atoms with van der Waals surface area (Å²) in [4.78, 5) is 0. The van der Waals surface area contributed by atoms with Gasteiger partial charge in [0.25, 0.3) is 0 Å². The molecule has 0 aliphatic carbocycles. The van der Waals surface area contributed by atoms with Gasteiger partial charge in [-0.05, 0) is 71.0 Å². The lowest BCUT2D eigenvalue weighted by Crippen LogP contribution is -2.14. The number of para-hydroxylation sites is 1. The van der Waals surface area contributed by atoms with Crippen LogP contribution in [0.25, 0.3) is 44.0 Å². The summed E-state index contributed by atoms with van der Waals surface area (Å²) in [5.41, 5.74) is 14.5. The Morgan fingerprint density at radius 3 is 2.59 bits per heavy atom. The first-order valence-electron chi connectivity index (χ1n) is 13.8. The molecule has 0 saturated carbocycles. The highest BCUT2D eigenvalue weighted by Gasteiger charge is 2.16. The lowest BCUT2D eigenvalue weighted by molar-refractivity contribution is 0.996. The molecule has 0 saturated heterocycles. The van der Waals surface area contributed by atoms with Crippen LogP contribution in [0, 0.1) is 5.41 Å². The Kier molecular flexibility index (Phi) is 7.21. The summed E-state index contributed by atoms with van der Waals surface area (Å²) in [6.45, 7) is 4.80. The maximum atomic E-state index is 7.11. The summed E-state index contributed by atoms with van der Waals surface area (Å²) < 4.78 is 2.40. The molecule has 0 unspecified atom stereocenters. The van der Waals surface area contributed by atoms with E-state index >= 15 is 0 Å². The molecule has 1 aromatic heterocycles. The van der Waals surface area contributed by atoms with Crippen molar-refractivity contribution in [2.24, 2.45) is 5.73 Å². The predicted molar refractivity (Wildman–Crippen MR) is 176 cm³/mol. The number of rotatable bonds is 8. The normalized spacial score (nSPS) is 13.9. The van der Waals surface area contributed by atoms with Crippen LogP contribution in [0.15, 0.2) is 145 Å². The number of nitrogens with zero attached hydrogens (tertiary/aromatic N) is 1. The van der Waals surface area contributed by atoms with Crippen molar-refractivity contribution < 1.29 is 0 Å². The van der Waals surface area contributed by atoms with Crippen LogP contribution in [0.2, 0.25) is 0 Å². The van der Waals surface area contributed by atoms with Gasteiger partial charge >= 0.3 is 0 Å². The molecule has 4 N–H and O–H groups in total. The highest BCUT2D eigenvalue weighted by molar-refractivity contribution is 6.18. The van der Waals surface area contributed by atoms with Crippen LogP contribution in [0.5, 0.6) is 0 Å². The van der Waals surface area contributed by atoms with Gasteiger partial charge in [0.2, 0.25) is 0 Å². The first-order chi connectivity index (χ1) is 20.1. The average molecular weight is 533 g/mol. The van der Waals surface area contributed by atoms with Gasteiger partial charge in [-0.2, -0.15) is 0 Å². The number of nitrogens with one attached hydrogen (secondary N) is 2. The van der Waals surface area contributed by atoms with Gasteiger partial charge in [0.05, 0.1) is 11.0 Å². The van der Waals surface area contributed by atoms with Gasteiger partial charge in [0, 0.05) is 46.0 Å². The molecule has 0 bridgehead atoms. The van der Waals surface area contributed by atoms with Crippen LogP contribution >= 0.6 is 0 Å². The fraction of sp³-hybridized carbons (Fsp3) is 0.0541. The number of fused-ring (bicyclic) bond motifs is 5. The van der Waals surface area contributed by atoms with Crippen LogP contribution in [0.1, 0.15) is 11.1 Å². The average Bonchev–Trinajstić information content (AvgIpc) is 3.36. The number of hydrogen-bond acceptors (Lipinski definition) is 3. The molecule has 0 fully saturated rings. The van der Waals surface area contributed by atoms with Crippen molar-refractivity contribution in [3.8, 4) is 5.69 Å². The molecule has 5 aromatic rings. The summed E-state index contributed by atoms with van der Waals surface area (Å²) >= 11 is 0. The minimum atomic E-state index is 0.584. The lowest BCUT2D eigenvalue weighted by Gasteiger charge is -2.14. The number of dihydropyridines is 1. The van der Waals surface area contributed by atoms with Crippen molar-refractivity contribution in [2.45, 2.75) is 6.42 Å². The zero-order valence-corrected chi connectivity index (χ0v) is 22.8. The molecule has 2 heterocycles. The third-order valence-electron chi connectivity index (χ3n) is 7.47. The van der Waals surface area contributed by atoms with E-state index in [1.165, 1.54) is 49.9 Å². The molecule has 1 aliphatic rings. The molecule has 4 heteroatoms. The fourth-order valence-corrected chi connectivity index (χ4v) is 5.42. The summed E-state index contributed by atoms with van der Waals surface area (Å²) in [5, 5.41) is 15.5. The standard InChI is InChI=1S/C37H32N4/c1-26(10-9-22-38)34(39)14-6-5-11-27-16-19-32-33-21-17-28-25-29(35-15-7-8-23-40-35)18-20-31(28)37(33)41(36(32)24-27)30-12-3-2-4-13-30/h2-10,12-22,24-25,38,40H,1,11,23,39H2/b6-5-,10-9-,34-14-,38-22?. The SMILES string of the molecule is C=C(/C=C\C=N)/C(N)=C/C=C\Cc1ccc2c3ccc4cc(C5=CC=CCN5)ccc4c3n(-c3ccccc3)c2c1. The van der Waals surface area contributed by atoms with Crippen molar-refractivity contribution in [3.63, 3.8) is 0 Å². The van der Waals surface area contributed by atoms with E-state index < -0.39 is 0 Å². The van der Waals surface area contributed by atoms with Crippen LogP contribution in [0.3, 0.4) is 0 Å². The fourth-order valence-electron chi connectivity index (χ4n) is 5.42. The Balaban J connectivity index is 1.44. The van der Waals surface area contributed by atoms with E-state index in [2.05, 4.69) is 120 Å². The van der Waals surface area contributed by atoms with Gasteiger partial charge in [0.15, 0.2) is 0 Å². The van der Waals surface area contributed by atoms with Crippen molar-refractivity contribution in [2.75, 3.05) is 6.54 Å². The first kappa shape index (κ1) is 25.9. The Hall–Kier alpha value is -5.35. The second-order valence-electron chi connectivity index (χ2n) is 10.1. The maximum Gasteiger partial charge on any atom is 0.0619 e. The molecule has 200 valence electrons. The third kappa shape index (κ3) is 5.15. The minimum absolute atomic E-state index is 0.584. The molecule has 0 amide bonds. The van der Waals surface area contributed by atoms with E-state index in [0.29, 0.717) is 11.3 Å². The molecule has 0 atom stereocenters. The van der Waals surface area contributed by atoms with E-state index in [1.807, 2.05) is 12.2 Å². The van der Waals surface area contributed by atoms with E-state index in [1.54, 1.807) is 12.2 Å². The molecule has 4 aromatic carbocycles. The molecule has 0 radical (unpaired) electrons. The summed E-state index contributed by atoms with van der Waals surface area (Å²) in [7, 11) is 0. The van der Waals surface area contributed by atoms with Crippen LogP contribution in [-0.2, 0) is 6.42 Å². The molecular formula is C37H32N4. The topological polar surface area (TPSA) is 66.8 Å². The van der Waals surface area contributed by atoms with Crippen molar-refractivity contribution in [1.29, 1.82) is 5.41 Å². The van der Waals surface area contributed by atoms with Gasteiger partial charge in [-0.3, -0.25) is 0 Å². The Morgan fingerprint density at radius 2 is 1.78 bits per heavy atom. The summed E-state index contributed by atoms with van der Waals surface area (Å²) in [6, 6.07) is 28.6. The van der Waals surface area contributed by atoms with Gasteiger partial charge in [-0.25, -0.2) is 0 Å². The van der Waals surface area contributed by atoms with Gasteiger partial charge in [0.1, 0.15) is 0 Å². The Morgan fingerprint density at radius 1 is 0.951 bits per heavy atom. The van der Waals surface area contributed by atoms with Gasteiger partial charge < -0.3 is 21.0 Å². The number of hydrogen-bond donors (Lipinski definition) is 3. The lowest BCUT2D eigenvalue weighted by atomic mass is 10.0. The molecule has 41 heavy (non-hydrogen) atoms. The summed E-state index contributed by atoms with van der Waals surface area (Å²) in [5.74, 6) is 0. The largest absolute Gasteiger partial charge is 0.398 e. The van der Waals surface area contributed by atoms with Gasteiger partial charge in [-0.1, -0.05) is 91.6 Å². The summed E-state index contributed by atoms with van der Waals surface area (Å²) in [6.07, 6.45) is 17.6. The number of allylic oxidation sites excluding steroid dienone is 7. The minimum Gasteiger partial charge on any atom is -0.398 e. The monoisotopic (exact) mass is 532 g/mol. The number of nitrogens with two attached hydrogens (primary N) is 1. The van der Waals surface area contributed by atoms with Crippen molar-refractivity contribution >= 4 is 44.5 Å². The smallest absolute Gasteiger partial charge is 0.0619 e. The number of benzene rings is 4. The maximum absolute atomic E-state index is 7.11. The Bertz CT molecular complexity index is 1950. The molecule has 6 rings (SSSR count). The number of aromatic nitrogens is 1. The molecule has 0 spiro atoms. The van der Waals surface area contributed by atoms with Crippen molar-refractivity contribution in [3.05, 3.63) is 156 Å². The van der Waals surface area contributed by atoms with E-state index in [-0.39, 0.29) is 0 Å². The zero-order chi connectivity index (χ0) is 28.2. The Labute approximate surface area is 240 Å². The molecule has 4 nitrogen and oxygen atoms in total. The van der Waals surface area contributed by atoms with Gasteiger partial charge in [-0.15, -0.1) is 0 Å².